The molecule has 0 spiro atoms. The summed E-state index contributed by atoms with van der Waals surface area (Å²) in [5.41, 5.74) is 0.0493. The number of aromatic nitrogens is 1. The summed E-state index contributed by atoms with van der Waals surface area (Å²) in [7, 11) is 0. The quantitative estimate of drug-likeness (QED) is 0.441. The molecule has 0 aromatic carbocycles. The zero-order valence-electron chi connectivity index (χ0n) is 9.30. The molecule has 82 valence electrons. The van der Waals surface area contributed by atoms with E-state index in [1.165, 1.54) is 24.8 Å². The SMILES string of the molecule is CC(=O)c1ccc(SC(C)(C)C)nc1F. The molecule has 0 saturated heterocycles. The highest BCUT2D eigenvalue weighted by molar-refractivity contribution is 8.00. The molecule has 4 heteroatoms. The molecule has 0 aliphatic rings. The van der Waals surface area contributed by atoms with E-state index in [9.17, 15) is 9.18 Å². The fourth-order valence-corrected chi connectivity index (χ4v) is 1.94. The minimum Gasteiger partial charge on any atom is -0.294 e. The predicted molar refractivity (Wildman–Crippen MR) is 59.8 cm³/mol. The van der Waals surface area contributed by atoms with Crippen LogP contribution in [0.15, 0.2) is 17.2 Å². The summed E-state index contributed by atoms with van der Waals surface area (Å²) in [5, 5.41) is 0.602. The lowest BCUT2D eigenvalue weighted by molar-refractivity contribution is 0.101. The van der Waals surface area contributed by atoms with Crippen molar-refractivity contribution < 1.29 is 9.18 Å². The standard InChI is InChI=1S/C11H14FNOS/c1-7(14)8-5-6-9(13-10(8)12)15-11(2,3)4/h5-6H,1-4H3. The van der Waals surface area contributed by atoms with Crippen LogP contribution in [-0.4, -0.2) is 15.5 Å². The molecule has 0 radical (unpaired) electrons. The van der Waals surface area contributed by atoms with E-state index in [0.717, 1.165) is 0 Å². The second-order valence-corrected chi connectivity index (χ2v) is 6.11. The first-order valence-corrected chi connectivity index (χ1v) is 5.48. The van der Waals surface area contributed by atoms with Crippen LogP contribution in [-0.2, 0) is 0 Å². The van der Waals surface area contributed by atoms with E-state index >= 15 is 0 Å². The monoisotopic (exact) mass is 227 g/mol. The number of hydrogen-bond donors (Lipinski definition) is 0. The lowest BCUT2D eigenvalue weighted by Crippen LogP contribution is -2.08. The normalized spacial score (nSPS) is 11.5. The van der Waals surface area contributed by atoms with Crippen LogP contribution in [0.3, 0.4) is 0 Å². The first-order valence-electron chi connectivity index (χ1n) is 4.66. The van der Waals surface area contributed by atoms with Crippen LogP contribution in [0.1, 0.15) is 38.1 Å². The molecule has 0 bridgehead atoms. The Bertz CT molecular complexity index is 385. The maximum absolute atomic E-state index is 13.3. The maximum atomic E-state index is 13.3. The Labute approximate surface area is 93.3 Å². The zero-order valence-corrected chi connectivity index (χ0v) is 10.1. The van der Waals surface area contributed by atoms with Crippen molar-refractivity contribution >= 4 is 17.5 Å². The van der Waals surface area contributed by atoms with Crippen molar-refractivity contribution in [2.24, 2.45) is 0 Å². The van der Waals surface area contributed by atoms with E-state index in [1.54, 1.807) is 6.07 Å². The molecule has 0 unspecified atom stereocenters. The Morgan fingerprint density at radius 1 is 1.40 bits per heavy atom. The number of carbonyl (C=O) groups excluding carboxylic acids is 1. The summed E-state index contributed by atoms with van der Waals surface area (Å²) < 4.78 is 13.3. The summed E-state index contributed by atoms with van der Waals surface area (Å²) in [4.78, 5) is 14.7. The van der Waals surface area contributed by atoms with Crippen LogP contribution in [0.25, 0.3) is 0 Å². The van der Waals surface area contributed by atoms with Gasteiger partial charge in [-0.3, -0.25) is 4.79 Å². The molecule has 0 saturated carbocycles. The van der Waals surface area contributed by atoms with Crippen molar-refractivity contribution in [2.45, 2.75) is 37.5 Å². The van der Waals surface area contributed by atoms with Crippen LogP contribution in [0.2, 0.25) is 0 Å². The van der Waals surface area contributed by atoms with Gasteiger partial charge < -0.3 is 0 Å². The Balaban J connectivity index is 2.97. The number of ketones is 1. The Hall–Kier alpha value is -0.900. The molecule has 1 aromatic heterocycles. The lowest BCUT2D eigenvalue weighted by atomic mass is 10.2. The van der Waals surface area contributed by atoms with Crippen molar-refractivity contribution in [3.8, 4) is 0 Å². The molecule has 0 aliphatic carbocycles. The van der Waals surface area contributed by atoms with E-state index in [-0.39, 0.29) is 16.1 Å². The molecule has 0 atom stereocenters. The van der Waals surface area contributed by atoms with Gasteiger partial charge in [0, 0.05) is 4.75 Å². The average Bonchev–Trinajstić information content (AvgIpc) is 1.99. The van der Waals surface area contributed by atoms with Gasteiger partial charge in [0.05, 0.1) is 10.6 Å². The molecule has 1 aromatic rings. The molecule has 0 fully saturated rings. The third-order valence-electron chi connectivity index (χ3n) is 1.61. The predicted octanol–water partition coefficient (Wildman–Crippen LogP) is 3.31. The van der Waals surface area contributed by atoms with E-state index in [1.807, 2.05) is 20.8 Å². The smallest absolute Gasteiger partial charge is 0.224 e. The number of hydrogen-bond acceptors (Lipinski definition) is 3. The highest BCUT2D eigenvalue weighted by Crippen LogP contribution is 2.30. The van der Waals surface area contributed by atoms with E-state index in [2.05, 4.69) is 4.98 Å². The minimum atomic E-state index is -0.684. The van der Waals surface area contributed by atoms with Crippen LogP contribution in [0.4, 0.5) is 4.39 Å². The fraction of sp³-hybridized carbons (Fsp3) is 0.455. The van der Waals surface area contributed by atoms with Crippen molar-refractivity contribution in [1.82, 2.24) is 4.98 Å². The molecule has 15 heavy (non-hydrogen) atoms. The minimum absolute atomic E-state index is 0.0167. The van der Waals surface area contributed by atoms with Crippen LogP contribution < -0.4 is 0 Å². The van der Waals surface area contributed by atoms with Gasteiger partial charge in [-0.2, -0.15) is 4.39 Å². The summed E-state index contributed by atoms with van der Waals surface area (Å²) in [5.74, 6) is -0.982. The Kier molecular flexibility index (Phi) is 3.50. The Morgan fingerprint density at radius 2 is 2.00 bits per heavy atom. The summed E-state index contributed by atoms with van der Waals surface area (Å²) in [6, 6.07) is 3.16. The number of rotatable bonds is 2. The lowest BCUT2D eigenvalue weighted by Gasteiger charge is -2.16. The largest absolute Gasteiger partial charge is 0.294 e. The van der Waals surface area contributed by atoms with Gasteiger partial charge in [-0.15, -0.1) is 11.8 Å². The van der Waals surface area contributed by atoms with Gasteiger partial charge in [0.2, 0.25) is 5.95 Å². The fourth-order valence-electron chi connectivity index (χ4n) is 1.05. The van der Waals surface area contributed by atoms with Crippen LogP contribution in [0, 0.1) is 5.95 Å². The summed E-state index contributed by atoms with van der Waals surface area (Å²) in [6.45, 7) is 7.40. The molecular formula is C11H14FNOS. The van der Waals surface area contributed by atoms with E-state index in [0.29, 0.717) is 5.03 Å². The van der Waals surface area contributed by atoms with Gasteiger partial charge in [0.1, 0.15) is 0 Å². The van der Waals surface area contributed by atoms with E-state index < -0.39 is 5.95 Å². The molecule has 0 N–H and O–H groups in total. The zero-order chi connectivity index (χ0) is 11.6. The molecule has 0 aliphatic heterocycles. The number of thioether (sulfide) groups is 1. The third kappa shape index (κ3) is 3.63. The number of halogens is 1. The van der Waals surface area contributed by atoms with Crippen molar-refractivity contribution in [3.63, 3.8) is 0 Å². The molecule has 2 nitrogen and oxygen atoms in total. The maximum Gasteiger partial charge on any atom is 0.224 e. The van der Waals surface area contributed by atoms with Gasteiger partial charge in [0.25, 0.3) is 0 Å². The first kappa shape index (κ1) is 12.2. The number of Topliss-reactive ketones (excluding diaryl/α,β-unsaturated/α-hetero) is 1. The second-order valence-electron chi connectivity index (χ2n) is 4.26. The van der Waals surface area contributed by atoms with Crippen molar-refractivity contribution in [1.29, 1.82) is 0 Å². The Morgan fingerprint density at radius 3 is 2.40 bits per heavy atom. The molecule has 1 heterocycles. The number of nitrogens with zero attached hydrogens (tertiary/aromatic N) is 1. The number of pyridine rings is 1. The van der Waals surface area contributed by atoms with Crippen LogP contribution >= 0.6 is 11.8 Å². The highest BCUT2D eigenvalue weighted by Gasteiger charge is 2.15. The first-order chi connectivity index (χ1) is 6.79. The van der Waals surface area contributed by atoms with Gasteiger partial charge in [-0.1, -0.05) is 20.8 Å². The van der Waals surface area contributed by atoms with Gasteiger partial charge in [-0.05, 0) is 19.1 Å². The van der Waals surface area contributed by atoms with Gasteiger partial charge >= 0.3 is 0 Å². The molecule has 1 rings (SSSR count). The summed E-state index contributed by atoms with van der Waals surface area (Å²) in [6.07, 6.45) is 0. The van der Waals surface area contributed by atoms with Gasteiger partial charge in [-0.25, -0.2) is 4.98 Å². The van der Waals surface area contributed by atoms with E-state index in [4.69, 9.17) is 0 Å². The van der Waals surface area contributed by atoms with Gasteiger partial charge in [0.15, 0.2) is 5.78 Å². The van der Waals surface area contributed by atoms with Crippen molar-refractivity contribution in [3.05, 3.63) is 23.6 Å². The van der Waals surface area contributed by atoms with Crippen LogP contribution in [0.5, 0.6) is 0 Å². The second kappa shape index (κ2) is 4.31. The van der Waals surface area contributed by atoms with Crippen molar-refractivity contribution in [2.75, 3.05) is 0 Å². The molecular weight excluding hydrogens is 213 g/mol. The number of carbonyl (C=O) groups is 1. The average molecular weight is 227 g/mol. The topological polar surface area (TPSA) is 30.0 Å². The summed E-state index contributed by atoms with van der Waals surface area (Å²) >= 11 is 1.47. The third-order valence-corrected chi connectivity index (χ3v) is 2.66. The highest BCUT2D eigenvalue weighted by atomic mass is 32.2. The molecule has 0 amide bonds.